The van der Waals surface area contributed by atoms with Crippen molar-refractivity contribution in [2.75, 3.05) is 51.3 Å². The molecule has 4 atom stereocenters. The summed E-state index contributed by atoms with van der Waals surface area (Å²) in [6.07, 6.45) is 13.4. The predicted molar refractivity (Wildman–Crippen MR) is 182 cm³/mol. The Bertz CT molecular complexity index is 1930. The van der Waals surface area contributed by atoms with Crippen LogP contribution in [0, 0.1) is 29.4 Å². The molecule has 2 unspecified atom stereocenters. The van der Waals surface area contributed by atoms with E-state index in [0.717, 1.165) is 51.5 Å². The van der Waals surface area contributed by atoms with E-state index in [4.69, 9.17) is 21.1 Å². The van der Waals surface area contributed by atoms with E-state index in [1.165, 1.54) is 24.3 Å². The van der Waals surface area contributed by atoms with Crippen LogP contribution >= 0.6 is 0 Å². The minimum absolute atomic E-state index is 0.00782. The van der Waals surface area contributed by atoms with Crippen LogP contribution in [-0.2, 0) is 0 Å². The number of benzene rings is 3. The molecule has 8 nitrogen and oxygen atoms in total. The maximum Gasteiger partial charge on any atom is 0.319 e. The summed E-state index contributed by atoms with van der Waals surface area (Å²) in [5, 5.41) is 21.7. The number of hydrogen-bond acceptors (Lipinski definition) is 8. The van der Waals surface area contributed by atoms with Gasteiger partial charge in [0.25, 0.3) is 0 Å². The number of ether oxygens (including phenoxy) is 1. The highest BCUT2D eigenvalue weighted by molar-refractivity contribution is 6.04. The third-order valence-electron chi connectivity index (χ3n) is 11.6. The minimum Gasteiger partial charge on any atom is -0.508 e. The smallest absolute Gasteiger partial charge is 0.319 e. The normalized spacial score (nSPS) is 25.9. The molecule has 1 aliphatic carbocycles. The zero-order valence-electron chi connectivity index (χ0n) is 27.3. The number of likely N-dealkylation sites (tertiary alicyclic amines) is 1. The third kappa shape index (κ3) is 5.06. The van der Waals surface area contributed by atoms with Crippen molar-refractivity contribution in [2.45, 2.75) is 63.1 Å². The molecule has 4 heterocycles. The number of aromatic nitrogens is 2. The number of nitrogens with zero attached hydrogens (tertiary/aromatic N) is 5. The number of aromatic hydroxyl groups is 1. The maximum absolute atomic E-state index is 17.0. The quantitative estimate of drug-likeness (QED) is 0.246. The molecule has 0 radical (unpaired) electrons. The van der Waals surface area contributed by atoms with Gasteiger partial charge in [-0.2, -0.15) is 9.97 Å². The summed E-state index contributed by atoms with van der Waals surface area (Å²) < 4.78 is 38.5. The van der Waals surface area contributed by atoms with Gasteiger partial charge in [-0.3, -0.25) is 4.90 Å². The van der Waals surface area contributed by atoms with Crippen LogP contribution in [0.1, 0.15) is 50.5 Å². The van der Waals surface area contributed by atoms with Gasteiger partial charge in [0, 0.05) is 59.5 Å². The molecule has 2 bridgehead atoms. The molecule has 2 N–H and O–H groups in total. The zero-order valence-corrected chi connectivity index (χ0v) is 27.3. The third-order valence-corrected chi connectivity index (χ3v) is 11.6. The van der Waals surface area contributed by atoms with Crippen molar-refractivity contribution in [3.8, 4) is 35.2 Å². The molecule has 3 aromatic carbocycles. The lowest BCUT2D eigenvalue weighted by atomic mass is 9.76. The van der Waals surface area contributed by atoms with Gasteiger partial charge in [-0.1, -0.05) is 24.5 Å². The highest BCUT2D eigenvalue weighted by Crippen LogP contribution is 2.48. The van der Waals surface area contributed by atoms with Crippen molar-refractivity contribution in [1.29, 1.82) is 0 Å². The highest BCUT2D eigenvalue weighted by Gasteiger charge is 2.47. The Balaban J connectivity index is 1.26. The first-order valence-corrected chi connectivity index (χ1v) is 17.2. The molecule has 0 spiro atoms. The van der Waals surface area contributed by atoms with Gasteiger partial charge in [-0.25, -0.2) is 8.78 Å². The number of rotatable bonds is 7. The molecule has 1 aromatic heterocycles. The summed E-state index contributed by atoms with van der Waals surface area (Å²) in [6, 6.07) is 10.3. The number of anilines is 1. The molecule has 3 saturated heterocycles. The molecule has 4 aliphatic rings. The van der Waals surface area contributed by atoms with E-state index in [0.29, 0.717) is 54.3 Å². The van der Waals surface area contributed by atoms with Crippen LogP contribution in [0.2, 0.25) is 0 Å². The Kier molecular flexibility index (Phi) is 7.90. The second-order valence-electron chi connectivity index (χ2n) is 14.2. The monoisotopic (exact) mass is 653 g/mol. The lowest BCUT2D eigenvalue weighted by molar-refractivity contribution is 0.0133. The van der Waals surface area contributed by atoms with Gasteiger partial charge >= 0.3 is 6.01 Å². The molecule has 10 heteroatoms. The lowest BCUT2D eigenvalue weighted by Gasteiger charge is -2.44. The summed E-state index contributed by atoms with van der Waals surface area (Å²) >= 11 is 0. The van der Waals surface area contributed by atoms with Crippen molar-refractivity contribution < 1.29 is 23.7 Å². The first-order chi connectivity index (χ1) is 23.3. The average molecular weight is 654 g/mol. The first-order valence-electron chi connectivity index (χ1n) is 17.2. The summed E-state index contributed by atoms with van der Waals surface area (Å²) in [4.78, 5) is 16.7. The van der Waals surface area contributed by atoms with Crippen molar-refractivity contribution in [3.05, 3.63) is 53.6 Å². The van der Waals surface area contributed by atoms with Gasteiger partial charge in [0.15, 0.2) is 5.82 Å². The fourth-order valence-electron chi connectivity index (χ4n) is 9.45. The molecule has 4 fully saturated rings. The SMILES string of the molecule is C#Cc1c(F)ccc2cc(O)cc(-c3ccc4c(N5CC6CCC(C5)N6CCO)nc(OC[C@]56CCC[C@H]5N(C)CCC6)nc4c3F)c12. The Morgan fingerprint density at radius 1 is 1.02 bits per heavy atom. The van der Waals surface area contributed by atoms with E-state index in [9.17, 15) is 14.6 Å². The van der Waals surface area contributed by atoms with Crippen LogP contribution in [0.5, 0.6) is 11.8 Å². The van der Waals surface area contributed by atoms with Gasteiger partial charge < -0.3 is 24.7 Å². The number of piperidine rings is 1. The van der Waals surface area contributed by atoms with E-state index >= 15 is 4.39 Å². The van der Waals surface area contributed by atoms with Crippen LogP contribution in [-0.4, -0.2) is 94.5 Å². The van der Waals surface area contributed by atoms with E-state index in [1.807, 2.05) is 0 Å². The van der Waals surface area contributed by atoms with Crippen molar-refractivity contribution >= 4 is 27.5 Å². The minimum atomic E-state index is -0.615. The lowest BCUT2D eigenvalue weighted by Crippen LogP contribution is -2.54. The molecule has 3 aliphatic heterocycles. The summed E-state index contributed by atoms with van der Waals surface area (Å²) in [7, 11) is 2.19. The number of aliphatic hydroxyl groups is 1. The number of aliphatic hydroxyl groups excluding tert-OH is 1. The van der Waals surface area contributed by atoms with Crippen molar-refractivity contribution in [3.63, 3.8) is 0 Å². The molecule has 0 amide bonds. The standard InChI is InChI=1S/C38H41F2N5O3/c1-3-27-31(39)12-7-23-18-26(47)19-30(33(23)27)28-10-11-29-35(34(28)40)41-37(48-22-38-13-4-6-32(38)43(2)15-5-14-38)42-36(29)44-20-24-8-9-25(21-44)45(24)16-17-46/h1,7,10-12,18-19,24-25,32,46-47H,4-6,8-9,13-17,20-22H2,2H3/t24?,25?,32-,38-/m1/s1. The Morgan fingerprint density at radius 2 is 1.81 bits per heavy atom. The maximum atomic E-state index is 17.0. The van der Waals surface area contributed by atoms with Crippen LogP contribution in [0.25, 0.3) is 32.8 Å². The Hall–Kier alpha value is -4.04. The molecule has 4 aromatic rings. The van der Waals surface area contributed by atoms with Crippen LogP contribution < -0.4 is 9.64 Å². The molecule has 8 rings (SSSR count). The fraction of sp³-hybridized carbons (Fsp3) is 0.474. The summed E-state index contributed by atoms with van der Waals surface area (Å²) in [6.45, 7) is 3.69. The van der Waals surface area contributed by atoms with Crippen molar-refractivity contribution in [2.24, 2.45) is 5.41 Å². The second kappa shape index (κ2) is 12.1. The number of fused-ring (bicyclic) bond motifs is 5. The highest BCUT2D eigenvalue weighted by atomic mass is 19.1. The topological polar surface area (TPSA) is 85.2 Å². The molecular formula is C38H41F2N5O3. The second-order valence-corrected chi connectivity index (χ2v) is 14.2. The van der Waals surface area contributed by atoms with Gasteiger partial charge in [-0.15, -0.1) is 6.42 Å². The number of phenolic OH excluding ortho intramolecular Hbond substituents is 1. The number of halogens is 2. The van der Waals surface area contributed by atoms with Crippen LogP contribution in [0.4, 0.5) is 14.6 Å². The fourth-order valence-corrected chi connectivity index (χ4v) is 9.45. The van der Waals surface area contributed by atoms with Gasteiger partial charge in [0.2, 0.25) is 0 Å². The van der Waals surface area contributed by atoms with Crippen LogP contribution in [0.15, 0.2) is 36.4 Å². The molecular weight excluding hydrogens is 612 g/mol. The number of terminal acetylenes is 1. The number of phenols is 1. The van der Waals surface area contributed by atoms with E-state index < -0.39 is 11.6 Å². The molecule has 250 valence electrons. The largest absolute Gasteiger partial charge is 0.508 e. The van der Waals surface area contributed by atoms with Gasteiger partial charge in [0.1, 0.15) is 22.9 Å². The first kappa shape index (κ1) is 31.2. The number of piperazine rings is 1. The molecule has 48 heavy (non-hydrogen) atoms. The summed E-state index contributed by atoms with van der Waals surface area (Å²) in [5.74, 6) is 1.76. The predicted octanol–water partition coefficient (Wildman–Crippen LogP) is 5.70. The summed E-state index contributed by atoms with van der Waals surface area (Å²) in [5.41, 5.74) is 0.560. The van der Waals surface area contributed by atoms with E-state index in [-0.39, 0.29) is 58.1 Å². The van der Waals surface area contributed by atoms with E-state index in [2.05, 4.69) is 27.7 Å². The van der Waals surface area contributed by atoms with Crippen molar-refractivity contribution in [1.82, 2.24) is 19.8 Å². The number of hydrogen-bond donors (Lipinski definition) is 2. The molecule has 1 saturated carbocycles. The average Bonchev–Trinajstić information content (AvgIpc) is 3.61. The Labute approximate surface area is 279 Å². The van der Waals surface area contributed by atoms with Gasteiger partial charge in [-0.05, 0) is 87.3 Å². The van der Waals surface area contributed by atoms with Crippen LogP contribution in [0.3, 0.4) is 0 Å². The van der Waals surface area contributed by atoms with Gasteiger partial charge in [0.05, 0.1) is 18.8 Å². The van der Waals surface area contributed by atoms with E-state index in [1.54, 1.807) is 12.1 Å². The Morgan fingerprint density at radius 3 is 2.58 bits per heavy atom. The zero-order chi connectivity index (χ0) is 33.2.